The zero-order chi connectivity index (χ0) is 13.8. The summed E-state index contributed by atoms with van der Waals surface area (Å²) in [5, 5.41) is 11.1. The zero-order valence-electron chi connectivity index (χ0n) is 11.0. The Morgan fingerprint density at radius 3 is 3.05 bits per heavy atom. The number of rotatable bonds is 4. The molecule has 0 amide bonds. The fraction of sp³-hybridized carbons (Fsp3) is 0.538. The number of ether oxygens (including phenoxy) is 1. The van der Waals surface area contributed by atoms with Crippen molar-refractivity contribution in [2.45, 2.75) is 12.8 Å². The van der Waals surface area contributed by atoms with Gasteiger partial charge in [-0.25, -0.2) is 0 Å². The molecule has 1 aliphatic heterocycles. The molecule has 2 N–H and O–H groups in total. The van der Waals surface area contributed by atoms with Crippen molar-refractivity contribution in [2.75, 3.05) is 37.4 Å². The summed E-state index contributed by atoms with van der Waals surface area (Å²) in [6, 6.07) is 4.88. The average molecular weight is 265 g/mol. The molecule has 19 heavy (non-hydrogen) atoms. The van der Waals surface area contributed by atoms with Crippen LogP contribution >= 0.6 is 0 Å². The van der Waals surface area contributed by atoms with Crippen LogP contribution in [0.4, 0.5) is 17.1 Å². The fourth-order valence-corrected chi connectivity index (χ4v) is 2.61. The lowest BCUT2D eigenvalue weighted by atomic mass is 9.98. The van der Waals surface area contributed by atoms with Crippen molar-refractivity contribution >= 4 is 17.1 Å². The van der Waals surface area contributed by atoms with Gasteiger partial charge in [0.25, 0.3) is 5.69 Å². The van der Waals surface area contributed by atoms with Crippen LogP contribution in [0.1, 0.15) is 12.8 Å². The standard InChI is InChI=1S/C13H19N3O3/c1-19-9-10-3-2-6-15(8-10)12-5-4-11(14)7-13(12)16(17)18/h4-5,7,10H,2-3,6,8-9,14H2,1H3/t10-/m1/s1. The van der Waals surface area contributed by atoms with Gasteiger partial charge in [0.2, 0.25) is 0 Å². The molecule has 1 saturated heterocycles. The van der Waals surface area contributed by atoms with Gasteiger partial charge in [-0.2, -0.15) is 0 Å². The molecule has 1 heterocycles. The summed E-state index contributed by atoms with van der Waals surface area (Å²) in [6.45, 7) is 2.32. The first kappa shape index (κ1) is 13.6. The fourth-order valence-electron chi connectivity index (χ4n) is 2.61. The molecule has 0 aliphatic carbocycles. The van der Waals surface area contributed by atoms with Crippen molar-refractivity contribution in [2.24, 2.45) is 5.92 Å². The van der Waals surface area contributed by atoms with Crippen LogP contribution in [0.15, 0.2) is 18.2 Å². The predicted molar refractivity (Wildman–Crippen MR) is 74.3 cm³/mol. The highest BCUT2D eigenvalue weighted by molar-refractivity contribution is 5.68. The summed E-state index contributed by atoms with van der Waals surface area (Å²) in [6.07, 6.45) is 2.13. The number of hydrogen-bond acceptors (Lipinski definition) is 5. The van der Waals surface area contributed by atoms with Gasteiger partial charge >= 0.3 is 0 Å². The van der Waals surface area contributed by atoms with Crippen LogP contribution in [-0.4, -0.2) is 31.7 Å². The molecule has 0 saturated carbocycles. The van der Waals surface area contributed by atoms with Crippen LogP contribution in [-0.2, 0) is 4.74 Å². The zero-order valence-corrected chi connectivity index (χ0v) is 11.0. The Balaban J connectivity index is 2.23. The van der Waals surface area contributed by atoms with Crippen molar-refractivity contribution in [1.29, 1.82) is 0 Å². The van der Waals surface area contributed by atoms with Crippen molar-refractivity contribution in [3.63, 3.8) is 0 Å². The van der Waals surface area contributed by atoms with Gasteiger partial charge < -0.3 is 15.4 Å². The lowest BCUT2D eigenvalue weighted by Gasteiger charge is -2.33. The van der Waals surface area contributed by atoms with Crippen LogP contribution < -0.4 is 10.6 Å². The maximum atomic E-state index is 11.1. The van der Waals surface area contributed by atoms with E-state index in [1.807, 2.05) is 0 Å². The molecule has 1 atom stereocenters. The Bertz CT molecular complexity index is 462. The molecule has 1 aliphatic rings. The van der Waals surface area contributed by atoms with E-state index in [2.05, 4.69) is 4.90 Å². The van der Waals surface area contributed by atoms with Crippen LogP contribution in [0, 0.1) is 16.0 Å². The number of piperidine rings is 1. The Morgan fingerprint density at radius 2 is 2.37 bits per heavy atom. The maximum Gasteiger partial charge on any atom is 0.294 e. The normalized spacial score (nSPS) is 19.4. The number of hydrogen-bond donors (Lipinski definition) is 1. The molecule has 1 fully saturated rings. The summed E-state index contributed by atoms with van der Waals surface area (Å²) >= 11 is 0. The minimum Gasteiger partial charge on any atom is -0.399 e. The first-order chi connectivity index (χ1) is 9.11. The molecule has 6 nitrogen and oxygen atoms in total. The summed E-state index contributed by atoms with van der Waals surface area (Å²) in [5.41, 5.74) is 6.78. The Kier molecular flexibility index (Phi) is 4.21. The topological polar surface area (TPSA) is 81.6 Å². The van der Waals surface area contributed by atoms with E-state index in [4.69, 9.17) is 10.5 Å². The van der Waals surface area contributed by atoms with Gasteiger partial charge in [0.05, 0.1) is 11.5 Å². The summed E-state index contributed by atoms with van der Waals surface area (Å²) < 4.78 is 5.18. The second-order valence-corrected chi connectivity index (χ2v) is 4.91. The number of nitro groups is 1. The van der Waals surface area contributed by atoms with Gasteiger partial charge in [0.15, 0.2) is 0 Å². The van der Waals surface area contributed by atoms with E-state index in [0.717, 1.165) is 25.9 Å². The van der Waals surface area contributed by atoms with E-state index in [-0.39, 0.29) is 10.6 Å². The number of nitro benzene ring substituents is 1. The molecule has 0 spiro atoms. The van der Waals surface area contributed by atoms with Crippen LogP contribution in [0.2, 0.25) is 0 Å². The summed E-state index contributed by atoms with van der Waals surface area (Å²) in [4.78, 5) is 12.8. The van der Waals surface area contributed by atoms with Gasteiger partial charge in [-0.1, -0.05) is 0 Å². The van der Waals surface area contributed by atoms with Gasteiger partial charge in [0.1, 0.15) is 5.69 Å². The van der Waals surface area contributed by atoms with E-state index in [0.29, 0.717) is 23.9 Å². The highest BCUT2D eigenvalue weighted by atomic mass is 16.6. The van der Waals surface area contributed by atoms with Gasteiger partial charge in [0, 0.05) is 32.0 Å². The number of nitrogens with two attached hydrogens (primary N) is 1. The third-order valence-electron chi connectivity index (χ3n) is 3.46. The van der Waals surface area contributed by atoms with E-state index < -0.39 is 0 Å². The minimum absolute atomic E-state index is 0.0815. The highest BCUT2D eigenvalue weighted by Gasteiger charge is 2.25. The largest absolute Gasteiger partial charge is 0.399 e. The Labute approximate surface area is 112 Å². The van der Waals surface area contributed by atoms with E-state index in [1.165, 1.54) is 6.07 Å². The van der Waals surface area contributed by atoms with Crippen LogP contribution in [0.3, 0.4) is 0 Å². The second-order valence-electron chi connectivity index (χ2n) is 4.91. The molecule has 0 bridgehead atoms. The molecule has 104 valence electrons. The van der Waals surface area contributed by atoms with E-state index in [9.17, 15) is 10.1 Å². The van der Waals surface area contributed by atoms with E-state index in [1.54, 1.807) is 19.2 Å². The molecular formula is C13H19N3O3. The highest BCUT2D eigenvalue weighted by Crippen LogP contribution is 2.33. The maximum absolute atomic E-state index is 11.1. The molecule has 1 aromatic rings. The molecular weight excluding hydrogens is 246 g/mol. The van der Waals surface area contributed by atoms with Gasteiger partial charge in [-0.05, 0) is 30.9 Å². The summed E-state index contributed by atoms with van der Waals surface area (Å²) in [5.74, 6) is 0.427. The molecule has 0 aromatic heterocycles. The van der Waals surface area contributed by atoms with Crippen molar-refractivity contribution in [3.05, 3.63) is 28.3 Å². The second kappa shape index (κ2) is 5.88. The minimum atomic E-state index is -0.369. The van der Waals surface area contributed by atoms with E-state index >= 15 is 0 Å². The SMILES string of the molecule is COC[C@@H]1CCCN(c2ccc(N)cc2[N+](=O)[O-])C1. The summed E-state index contributed by atoms with van der Waals surface area (Å²) in [7, 11) is 1.69. The molecule has 0 radical (unpaired) electrons. The lowest BCUT2D eigenvalue weighted by molar-refractivity contribution is -0.384. The average Bonchev–Trinajstić information content (AvgIpc) is 2.39. The third kappa shape index (κ3) is 3.14. The van der Waals surface area contributed by atoms with Crippen LogP contribution in [0.5, 0.6) is 0 Å². The number of nitrogen functional groups attached to an aromatic ring is 1. The molecule has 6 heteroatoms. The smallest absolute Gasteiger partial charge is 0.294 e. The Hall–Kier alpha value is -1.82. The monoisotopic (exact) mass is 265 g/mol. The molecule has 1 aromatic carbocycles. The van der Waals surface area contributed by atoms with Gasteiger partial charge in [-0.3, -0.25) is 10.1 Å². The van der Waals surface area contributed by atoms with Crippen molar-refractivity contribution in [1.82, 2.24) is 0 Å². The van der Waals surface area contributed by atoms with Gasteiger partial charge in [-0.15, -0.1) is 0 Å². The molecule has 0 unspecified atom stereocenters. The van der Waals surface area contributed by atoms with Crippen molar-refractivity contribution in [3.8, 4) is 0 Å². The Morgan fingerprint density at radius 1 is 1.58 bits per heavy atom. The molecule has 2 rings (SSSR count). The number of nitrogens with zero attached hydrogens (tertiary/aromatic N) is 2. The first-order valence-corrected chi connectivity index (χ1v) is 6.39. The third-order valence-corrected chi connectivity index (χ3v) is 3.46. The van der Waals surface area contributed by atoms with Crippen LogP contribution in [0.25, 0.3) is 0 Å². The van der Waals surface area contributed by atoms with Crippen molar-refractivity contribution < 1.29 is 9.66 Å². The number of benzene rings is 1. The number of anilines is 2. The quantitative estimate of drug-likeness (QED) is 0.512. The first-order valence-electron chi connectivity index (χ1n) is 6.39. The number of methoxy groups -OCH3 is 1. The lowest BCUT2D eigenvalue weighted by Crippen LogP contribution is -2.37. The predicted octanol–water partition coefficient (Wildman–Crippen LogP) is 2.04.